The number of amides is 1. The Morgan fingerprint density at radius 1 is 1.17 bits per heavy atom. The van der Waals surface area contributed by atoms with E-state index in [0.717, 1.165) is 22.2 Å². The summed E-state index contributed by atoms with van der Waals surface area (Å²) in [6.07, 6.45) is 1.61. The van der Waals surface area contributed by atoms with Crippen molar-refractivity contribution in [3.05, 3.63) is 77.0 Å². The lowest BCUT2D eigenvalue weighted by Gasteiger charge is -2.09. The van der Waals surface area contributed by atoms with E-state index in [1.54, 1.807) is 30.5 Å². The third-order valence-electron chi connectivity index (χ3n) is 4.14. The molecule has 2 heterocycles. The number of halogens is 1. The molecule has 0 aliphatic rings. The van der Waals surface area contributed by atoms with Crippen molar-refractivity contribution in [1.82, 2.24) is 14.5 Å². The summed E-state index contributed by atoms with van der Waals surface area (Å²) >= 11 is 7.34. The second-order valence-electron chi connectivity index (χ2n) is 6.20. The van der Waals surface area contributed by atoms with Gasteiger partial charge in [-0.25, -0.2) is 9.97 Å². The smallest absolute Gasteiger partial charge is 0.263 e. The van der Waals surface area contributed by atoms with E-state index in [1.165, 1.54) is 11.3 Å². The molecule has 8 heteroatoms. The predicted octanol–water partition coefficient (Wildman–Crippen LogP) is 4.98. The van der Waals surface area contributed by atoms with E-state index in [2.05, 4.69) is 10.3 Å². The van der Waals surface area contributed by atoms with Gasteiger partial charge in [-0.1, -0.05) is 41.9 Å². The number of rotatable bonds is 6. The highest BCUT2D eigenvalue weighted by Gasteiger charge is 2.15. The van der Waals surface area contributed by atoms with E-state index in [0.29, 0.717) is 16.6 Å². The molecule has 1 N–H and O–H groups in total. The Bertz CT molecular complexity index is 1120. The van der Waals surface area contributed by atoms with Crippen molar-refractivity contribution in [3.8, 4) is 22.1 Å². The van der Waals surface area contributed by atoms with Crippen LogP contribution in [0.4, 0.5) is 5.82 Å². The largest absolute Gasteiger partial charge is 0.484 e. The lowest BCUT2D eigenvalue weighted by Crippen LogP contribution is -2.21. The summed E-state index contributed by atoms with van der Waals surface area (Å²) in [5.74, 6) is 1.55. The molecular weight excluding hydrogens is 408 g/mol. The van der Waals surface area contributed by atoms with Crippen molar-refractivity contribution < 1.29 is 9.53 Å². The standard InChI is InChI=1S/C21H17ClN4O2S/c1-14-23-11-19(25-20(27)12-28-17-9-7-16(22)8-10-17)26(14)21-24-18(13-29-21)15-5-3-2-4-6-15/h2-11,13H,12H2,1H3,(H,25,27). The molecule has 29 heavy (non-hydrogen) atoms. The van der Waals surface area contributed by atoms with Crippen LogP contribution in [0, 0.1) is 6.92 Å². The van der Waals surface area contributed by atoms with Gasteiger partial charge >= 0.3 is 0 Å². The Kier molecular flexibility index (Phi) is 5.59. The van der Waals surface area contributed by atoms with Crippen LogP contribution in [0.25, 0.3) is 16.4 Å². The number of imidazole rings is 1. The first-order valence-corrected chi connectivity index (χ1v) is 10.1. The first-order chi connectivity index (χ1) is 14.1. The number of aromatic nitrogens is 3. The van der Waals surface area contributed by atoms with Gasteiger partial charge in [0.05, 0.1) is 11.9 Å². The van der Waals surface area contributed by atoms with E-state index in [4.69, 9.17) is 21.3 Å². The SMILES string of the molecule is Cc1ncc(NC(=O)COc2ccc(Cl)cc2)n1-c1nc(-c2ccccc2)cs1. The molecule has 0 saturated heterocycles. The Hall–Kier alpha value is -3.16. The Morgan fingerprint density at radius 3 is 2.69 bits per heavy atom. The fourth-order valence-corrected chi connectivity index (χ4v) is 3.76. The maximum absolute atomic E-state index is 12.4. The molecule has 6 nitrogen and oxygen atoms in total. The molecule has 4 aromatic rings. The molecule has 0 atom stereocenters. The van der Waals surface area contributed by atoms with Gasteiger partial charge in [0.15, 0.2) is 11.7 Å². The average molecular weight is 425 g/mol. The van der Waals surface area contributed by atoms with Gasteiger partial charge in [-0.2, -0.15) is 0 Å². The lowest BCUT2D eigenvalue weighted by atomic mass is 10.2. The molecule has 0 radical (unpaired) electrons. The molecule has 0 bridgehead atoms. The van der Waals surface area contributed by atoms with Gasteiger partial charge in [0, 0.05) is 16.0 Å². The van der Waals surface area contributed by atoms with E-state index in [-0.39, 0.29) is 12.5 Å². The third kappa shape index (κ3) is 4.47. The summed E-state index contributed by atoms with van der Waals surface area (Å²) in [7, 11) is 0. The predicted molar refractivity (Wildman–Crippen MR) is 115 cm³/mol. The van der Waals surface area contributed by atoms with Crippen LogP contribution in [-0.4, -0.2) is 27.0 Å². The van der Waals surface area contributed by atoms with Crippen molar-refractivity contribution in [3.63, 3.8) is 0 Å². The number of hydrogen-bond acceptors (Lipinski definition) is 5. The van der Waals surface area contributed by atoms with Gasteiger partial charge in [-0.3, -0.25) is 9.36 Å². The highest BCUT2D eigenvalue weighted by Crippen LogP contribution is 2.27. The summed E-state index contributed by atoms with van der Waals surface area (Å²) in [5.41, 5.74) is 1.91. The molecule has 0 spiro atoms. The van der Waals surface area contributed by atoms with Crippen molar-refractivity contribution in [2.24, 2.45) is 0 Å². The Labute approximate surface area is 176 Å². The average Bonchev–Trinajstić information content (AvgIpc) is 3.35. The normalized spacial score (nSPS) is 10.7. The second-order valence-corrected chi connectivity index (χ2v) is 7.47. The number of benzene rings is 2. The number of anilines is 1. The van der Waals surface area contributed by atoms with Crippen molar-refractivity contribution in [1.29, 1.82) is 0 Å². The number of hydrogen-bond donors (Lipinski definition) is 1. The zero-order valence-corrected chi connectivity index (χ0v) is 17.1. The zero-order chi connectivity index (χ0) is 20.2. The van der Waals surface area contributed by atoms with Gasteiger partial charge in [0.25, 0.3) is 5.91 Å². The van der Waals surface area contributed by atoms with Crippen molar-refractivity contribution in [2.75, 3.05) is 11.9 Å². The highest BCUT2D eigenvalue weighted by molar-refractivity contribution is 7.12. The Balaban J connectivity index is 1.48. The van der Waals surface area contributed by atoms with E-state index in [9.17, 15) is 4.79 Å². The third-order valence-corrected chi connectivity index (χ3v) is 5.22. The summed E-state index contributed by atoms with van der Waals surface area (Å²) in [4.78, 5) is 21.4. The number of ether oxygens (including phenoxy) is 1. The van der Waals surface area contributed by atoms with Gasteiger partial charge in [-0.05, 0) is 31.2 Å². The summed E-state index contributed by atoms with van der Waals surface area (Å²) in [5, 5.41) is 6.16. The quantitative estimate of drug-likeness (QED) is 0.474. The van der Waals surface area contributed by atoms with Crippen molar-refractivity contribution >= 4 is 34.7 Å². The number of carbonyl (C=O) groups is 1. The summed E-state index contributed by atoms with van der Waals surface area (Å²) in [6.45, 7) is 1.74. The number of carbonyl (C=O) groups excluding carboxylic acids is 1. The minimum atomic E-state index is -0.291. The van der Waals surface area contributed by atoms with Crippen LogP contribution in [0.5, 0.6) is 5.75 Å². The van der Waals surface area contributed by atoms with Gasteiger partial charge in [-0.15, -0.1) is 11.3 Å². The molecule has 0 unspecified atom stereocenters. The molecular formula is C21H17ClN4O2S. The first-order valence-electron chi connectivity index (χ1n) is 8.84. The molecule has 2 aromatic carbocycles. The number of nitrogens with one attached hydrogen (secondary N) is 1. The summed E-state index contributed by atoms with van der Waals surface area (Å²) in [6, 6.07) is 16.8. The topological polar surface area (TPSA) is 69.0 Å². The lowest BCUT2D eigenvalue weighted by molar-refractivity contribution is -0.118. The van der Waals surface area contributed by atoms with Crippen LogP contribution in [0.15, 0.2) is 66.2 Å². The number of nitrogens with zero attached hydrogens (tertiary/aromatic N) is 3. The van der Waals surface area contributed by atoms with Crippen LogP contribution in [-0.2, 0) is 4.79 Å². The van der Waals surface area contributed by atoms with E-state index < -0.39 is 0 Å². The molecule has 0 fully saturated rings. The minimum Gasteiger partial charge on any atom is -0.484 e. The first kappa shape index (κ1) is 19.2. The van der Waals surface area contributed by atoms with Gasteiger partial charge in [0.2, 0.25) is 0 Å². The van der Waals surface area contributed by atoms with Crippen LogP contribution in [0.1, 0.15) is 5.82 Å². The molecule has 4 rings (SSSR count). The highest BCUT2D eigenvalue weighted by atomic mass is 35.5. The molecule has 0 aliphatic carbocycles. The monoisotopic (exact) mass is 424 g/mol. The summed E-state index contributed by atoms with van der Waals surface area (Å²) < 4.78 is 7.31. The molecule has 146 valence electrons. The molecule has 0 aliphatic heterocycles. The number of thiazole rings is 1. The van der Waals surface area contributed by atoms with Crippen LogP contribution in [0.2, 0.25) is 5.02 Å². The Morgan fingerprint density at radius 2 is 1.93 bits per heavy atom. The fraction of sp³-hybridized carbons (Fsp3) is 0.0952. The zero-order valence-electron chi connectivity index (χ0n) is 15.5. The molecule has 1 amide bonds. The maximum Gasteiger partial charge on any atom is 0.263 e. The minimum absolute atomic E-state index is 0.126. The van der Waals surface area contributed by atoms with Gasteiger partial charge in [0.1, 0.15) is 17.4 Å². The van der Waals surface area contributed by atoms with Crippen LogP contribution < -0.4 is 10.1 Å². The molecule has 2 aromatic heterocycles. The fourth-order valence-electron chi connectivity index (χ4n) is 2.74. The second kappa shape index (κ2) is 8.46. The van der Waals surface area contributed by atoms with Gasteiger partial charge < -0.3 is 10.1 Å². The van der Waals surface area contributed by atoms with Crippen LogP contribution >= 0.6 is 22.9 Å². The maximum atomic E-state index is 12.4. The van der Waals surface area contributed by atoms with E-state index >= 15 is 0 Å². The number of aryl methyl sites for hydroxylation is 1. The molecule has 0 saturated carbocycles. The van der Waals surface area contributed by atoms with E-state index in [1.807, 2.05) is 47.2 Å². The van der Waals surface area contributed by atoms with Crippen molar-refractivity contribution in [2.45, 2.75) is 6.92 Å². The van der Waals surface area contributed by atoms with Crippen LogP contribution in [0.3, 0.4) is 0 Å².